The van der Waals surface area contributed by atoms with Crippen molar-refractivity contribution >= 4 is 11.8 Å². The highest BCUT2D eigenvalue weighted by atomic mass is 16.8. The largest absolute Gasteiger partial charge is 0.462 e. The van der Waals surface area contributed by atoms with E-state index in [9.17, 15) is 50.4 Å². The number of fused-ring (bicyclic) bond motifs is 5. The first-order valence-electron chi connectivity index (χ1n) is 21.0. The molecule has 4 saturated carbocycles. The normalized spacial score (nSPS) is 52.8. The van der Waals surface area contributed by atoms with Crippen molar-refractivity contribution < 1.29 is 78.9 Å². The molecule has 8 N–H and O–H groups in total. The first-order valence-corrected chi connectivity index (χ1v) is 21.0. The Morgan fingerprint density at radius 2 is 1.42 bits per heavy atom. The van der Waals surface area contributed by atoms with Gasteiger partial charge in [-0.1, -0.05) is 13.8 Å². The second-order valence-corrected chi connectivity index (χ2v) is 19.7. The Balaban J connectivity index is 1.08. The van der Waals surface area contributed by atoms with E-state index < -0.39 is 91.9 Å². The molecular formula is C41H66O16. The molecule has 3 aliphatic heterocycles. The number of Topliss-reactive ketones (excluding diaryl/α,β-unsaturated/α-hetero) is 1. The summed E-state index contributed by atoms with van der Waals surface area (Å²) < 4.78 is 36.6. The smallest absolute Gasteiger partial charge is 0.302 e. The molecule has 0 aromatic heterocycles. The van der Waals surface area contributed by atoms with Crippen molar-refractivity contribution in [3.05, 3.63) is 0 Å². The van der Waals surface area contributed by atoms with Crippen LogP contribution in [0.4, 0.5) is 0 Å². The molecule has 0 radical (unpaired) electrons. The van der Waals surface area contributed by atoms with Crippen LogP contribution in [0.25, 0.3) is 0 Å². The van der Waals surface area contributed by atoms with Crippen molar-refractivity contribution in [2.24, 2.45) is 40.4 Å². The molecule has 57 heavy (non-hydrogen) atoms. The maximum Gasteiger partial charge on any atom is 0.302 e. The highest BCUT2D eigenvalue weighted by molar-refractivity contribution is 5.83. The van der Waals surface area contributed by atoms with Gasteiger partial charge in [-0.3, -0.25) is 9.59 Å². The molecule has 16 heteroatoms. The Hall–Kier alpha value is -1.38. The van der Waals surface area contributed by atoms with Crippen LogP contribution in [0.3, 0.4) is 0 Å². The van der Waals surface area contributed by atoms with E-state index in [0.29, 0.717) is 38.5 Å². The zero-order valence-electron chi connectivity index (χ0n) is 34.0. The van der Waals surface area contributed by atoms with Gasteiger partial charge < -0.3 is 69.3 Å². The molecule has 3 heterocycles. The second-order valence-electron chi connectivity index (χ2n) is 19.7. The van der Waals surface area contributed by atoms with Gasteiger partial charge in [-0.25, -0.2) is 0 Å². The zero-order valence-corrected chi connectivity index (χ0v) is 34.0. The molecule has 0 aromatic carbocycles. The summed E-state index contributed by atoms with van der Waals surface area (Å²) in [4.78, 5) is 27.0. The summed E-state index contributed by atoms with van der Waals surface area (Å²) in [6.07, 6.45) is -11.1. The van der Waals surface area contributed by atoms with Crippen LogP contribution in [0.5, 0.6) is 0 Å². The van der Waals surface area contributed by atoms with Crippen molar-refractivity contribution in [2.45, 2.75) is 190 Å². The SMILES string of the molecule is CC(=O)OC1CC2C3CC(=O)C4CC(OC5OC(CO)C(O)C(O)C5OC5OC(CO)C(O)C(O)C5O)CCC4(C)C3CCC2(C)C1C1(C)CCC(C(C)(C)O)O1. The lowest BCUT2D eigenvalue weighted by Crippen LogP contribution is -2.65. The number of hydrogen-bond acceptors (Lipinski definition) is 16. The van der Waals surface area contributed by atoms with E-state index in [4.69, 9.17) is 28.4 Å². The average Bonchev–Trinajstić information content (AvgIpc) is 3.69. The Labute approximate surface area is 334 Å². The number of rotatable bonds is 9. The van der Waals surface area contributed by atoms with Crippen LogP contribution in [0.15, 0.2) is 0 Å². The third-order valence-corrected chi connectivity index (χ3v) is 15.8. The summed E-state index contributed by atoms with van der Waals surface area (Å²) >= 11 is 0. The Morgan fingerprint density at radius 1 is 0.789 bits per heavy atom. The van der Waals surface area contributed by atoms with E-state index in [0.717, 1.165) is 19.3 Å². The second kappa shape index (κ2) is 15.8. The summed E-state index contributed by atoms with van der Waals surface area (Å²) in [5, 5.41) is 83.6. The van der Waals surface area contributed by atoms with Crippen molar-refractivity contribution in [3.63, 3.8) is 0 Å². The average molecular weight is 815 g/mol. The third-order valence-electron chi connectivity index (χ3n) is 15.8. The van der Waals surface area contributed by atoms with Gasteiger partial charge in [0, 0.05) is 25.2 Å². The van der Waals surface area contributed by atoms with Gasteiger partial charge in [0.1, 0.15) is 60.7 Å². The van der Waals surface area contributed by atoms with Crippen LogP contribution >= 0.6 is 0 Å². The maximum absolute atomic E-state index is 14.4. The first kappa shape index (κ1) is 43.7. The molecule has 0 bridgehead atoms. The summed E-state index contributed by atoms with van der Waals surface area (Å²) in [7, 11) is 0. The van der Waals surface area contributed by atoms with Crippen LogP contribution in [0, 0.1) is 40.4 Å². The van der Waals surface area contributed by atoms with Crippen molar-refractivity contribution in [2.75, 3.05) is 13.2 Å². The van der Waals surface area contributed by atoms with E-state index in [-0.39, 0.29) is 64.4 Å². The molecule has 3 saturated heterocycles. The van der Waals surface area contributed by atoms with Gasteiger partial charge >= 0.3 is 5.97 Å². The van der Waals surface area contributed by atoms with Crippen molar-refractivity contribution in [3.8, 4) is 0 Å². The standard InChI is InChI=1S/C41H66O16/c1-18(44)52-25-15-22-20-14-24(45)23-13-19(7-10-39(23,4)21(20)8-11-40(22,5)35(25)41(6)12-9-28(57-41)38(2,3)51)53-37-34(32(49)30(47)27(17-43)55-37)56-36-33(50)31(48)29(46)26(16-42)54-36/h19-23,25-37,42-43,46-51H,7-17H2,1-6H3. The number of carbonyl (C=O) groups is 2. The van der Waals surface area contributed by atoms with Gasteiger partial charge in [-0.05, 0) is 101 Å². The molecule has 7 fully saturated rings. The lowest BCUT2D eigenvalue weighted by atomic mass is 9.44. The minimum Gasteiger partial charge on any atom is -0.462 e. The fourth-order valence-corrected chi connectivity index (χ4v) is 13.0. The minimum atomic E-state index is -1.79. The van der Waals surface area contributed by atoms with E-state index >= 15 is 0 Å². The maximum atomic E-state index is 14.4. The molecule has 21 atom stereocenters. The number of esters is 1. The molecule has 7 aliphatic rings. The van der Waals surface area contributed by atoms with Crippen LogP contribution in [-0.4, -0.2) is 157 Å². The fourth-order valence-electron chi connectivity index (χ4n) is 13.0. The predicted molar refractivity (Wildman–Crippen MR) is 197 cm³/mol. The monoisotopic (exact) mass is 814 g/mol. The lowest BCUT2D eigenvalue weighted by Gasteiger charge is -2.61. The Morgan fingerprint density at radius 3 is 2.04 bits per heavy atom. The highest BCUT2D eigenvalue weighted by Crippen LogP contribution is 2.69. The molecular weight excluding hydrogens is 748 g/mol. The molecule has 21 unspecified atom stereocenters. The predicted octanol–water partition coefficient (Wildman–Crippen LogP) is 0.0838. The van der Waals surface area contributed by atoms with Crippen LogP contribution in [0.2, 0.25) is 0 Å². The molecule has 326 valence electrons. The third kappa shape index (κ3) is 7.54. The topological polar surface area (TPSA) is 251 Å². The van der Waals surface area contributed by atoms with Gasteiger partial charge in [-0.15, -0.1) is 0 Å². The van der Waals surface area contributed by atoms with Gasteiger partial charge in [-0.2, -0.15) is 0 Å². The van der Waals surface area contributed by atoms with Gasteiger partial charge in [0.2, 0.25) is 0 Å². The summed E-state index contributed by atoms with van der Waals surface area (Å²) in [6.45, 7) is 10.2. The lowest BCUT2D eigenvalue weighted by molar-refractivity contribution is -0.373. The van der Waals surface area contributed by atoms with Crippen molar-refractivity contribution in [1.82, 2.24) is 0 Å². The minimum absolute atomic E-state index is 0.0769. The fraction of sp³-hybridized carbons (Fsp3) is 0.951. The highest BCUT2D eigenvalue weighted by Gasteiger charge is 2.69. The van der Waals surface area contributed by atoms with Crippen molar-refractivity contribution in [1.29, 1.82) is 0 Å². The molecule has 16 nitrogen and oxygen atoms in total. The summed E-state index contributed by atoms with van der Waals surface area (Å²) in [6, 6.07) is 0. The number of aliphatic hydroxyl groups is 8. The van der Waals surface area contributed by atoms with Gasteiger partial charge in [0.15, 0.2) is 12.6 Å². The van der Waals surface area contributed by atoms with Crippen LogP contribution in [-0.2, 0) is 38.0 Å². The van der Waals surface area contributed by atoms with Crippen LogP contribution < -0.4 is 0 Å². The summed E-state index contributed by atoms with van der Waals surface area (Å²) in [5.41, 5.74) is -2.25. The van der Waals surface area contributed by atoms with Gasteiger partial charge in [0.25, 0.3) is 0 Å². The molecule has 4 aliphatic carbocycles. The molecule has 7 rings (SSSR count). The van der Waals surface area contributed by atoms with E-state index in [1.54, 1.807) is 13.8 Å². The zero-order chi connectivity index (χ0) is 41.6. The number of ketones is 1. The number of carbonyl (C=O) groups excluding carboxylic acids is 2. The van der Waals surface area contributed by atoms with E-state index in [1.807, 2.05) is 0 Å². The van der Waals surface area contributed by atoms with Gasteiger partial charge in [0.05, 0.1) is 36.6 Å². The van der Waals surface area contributed by atoms with E-state index in [2.05, 4.69) is 20.8 Å². The Bertz CT molecular complexity index is 1470. The number of ether oxygens (including phenoxy) is 6. The molecule has 0 spiro atoms. The Kier molecular flexibility index (Phi) is 12.1. The molecule has 0 aromatic rings. The number of aliphatic hydroxyl groups excluding tert-OH is 7. The number of hydrogen-bond donors (Lipinski definition) is 8. The first-order chi connectivity index (χ1) is 26.7. The molecule has 0 amide bonds. The van der Waals surface area contributed by atoms with Crippen LogP contribution in [0.1, 0.15) is 99.3 Å². The quantitative estimate of drug-likeness (QED) is 0.113. The van der Waals surface area contributed by atoms with E-state index in [1.165, 1.54) is 6.92 Å². The summed E-state index contributed by atoms with van der Waals surface area (Å²) in [5.74, 6) is -0.246.